The topological polar surface area (TPSA) is 64.3 Å². The normalized spacial score (nSPS) is 23.6. The van der Waals surface area contributed by atoms with E-state index < -0.39 is 0 Å². The molecule has 1 rings (SSSR count). The number of ether oxygens (including phenoxy) is 1. The van der Waals surface area contributed by atoms with Gasteiger partial charge in [-0.25, -0.2) is 0 Å². The zero-order valence-electron chi connectivity index (χ0n) is 12.5. The molecule has 0 heterocycles. The average Bonchev–Trinajstić information content (AvgIpc) is 2.35. The number of hydrogen-bond donors (Lipinski definition) is 2. The summed E-state index contributed by atoms with van der Waals surface area (Å²) < 4.78 is 5.42. The van der Waals surface area contributed by atoms with Crippen molar-refractivity contribution in [3.05, 3.63) is 0 Å². The van der Waals surface area contributed by atoms with Gasteiger partial charge >= 0.3 is 0 Å². The zero-order valence-corrected chi connectivity index (χ0v) is 12.5. The van der Waals surface area contributed by atoms with E-state index in [1.807, 2.05) is 0 Å². The lowest BCUT2D eigenvalue weighted by molar-refractivity contribution is -0.121. The van der Waals surface area contributed by atoms with E-state index in [4.69, 9.17) is 10.5 Å². The molecule has 4 nitrogen and oxygen atoms in total. The van der Waals surface area contributed by atoms with Crippen LogP contribution in [0, 0.1) is 11.8 Å². The number of nitrogens with one attached hydrogen (secondary N) is 1. The molecular formula is C15H30N2O2. The molecule has 2 unspecified atom stereocenters. The first kappa shape index (κ1) is 16.4. The third-order valence-electron chi connectivity index (χ3n) is 3.62. The van der Waals surface area contributed by atoms with E-state index in [2.05, 4.69) is 19.2 Å². The fourth-order valence-corrected chi connectivity index (χ4v) is 2.60. The molecule has 0 spiro atoms. The maximum atomic E-state index is 11.7. The highest BCUT2D eigenvalue weighted by molar-refractivity contribution is 5.75. The Balaban J connectivity index is 1.98. The van der Waals surface area contributed by atoms with Crippen molar-refractivity contribution in [2.45, 2.75) is 58.4 Å². The summed E-state index contributed by atoms with van der Waals surface area (Å²) in [5.41, 5.74) is 5.95. The van der Waals surface area contributed by atoms with E-state index in [0.29, 0.717) is 37.5 Å². The van der Waals surface area contributed by atoms with Gasteiger partial charge < -0.3 is 15.8 Å². The van der Waals surface area contributed by atoms with Crippen LogP contribution in [0.4, 0.5) is 0 Å². The SMILES string of the molecule is CC(C)COCCNC(=O)CCC1CCCC(N)C1. The van der Waals surface area contributed by atoms with Crippen molar-refractivity contribution in [3.8, 4) is 0 Å². The number of amides is 1. The van der Waals surface area contributed by atoms with Crippen LogP contribution in [0.2, 0.25) is 0 Å². The largest absolute Gasteiger partial charge is 0.379 e. The molecule has 1 amide bonds. The van der Waals surface area contributed by atoms with E-state index in [0.717, 1.165) is 25.9 Å². The van der Waals surface area contributed by atoms with Crippen molar-refractivity contribution in [1.29, 1.82) is 0 Å². The van der Waals surface area contributed by atoms with Gasteiger partial charge in [0.15, 0.2) is 0 Å². The highest BCUT2D eigenvalue weighted by Gasteiger charge is 2.19. The van der Waals surface area contributed by atoms with Gasteiger partial charge in [0.25, 0.3) is 0 Å². The van der Waals surface area contributed by atoms with Gasteiger partial charge in [-0.1, -0.05) is 26.7 Å². The number of nitrogens with two attached hydrogens (primary N) is 1. The molecular weight excluding hydrogens is 240 g/mol. The Kier molecular flexibility index (Phi) is 8.07. The molecule has 0 saturated heterocycles. The molecule has 0 radical (unpaired) electrons. The second kappa shape index (κ2) is 9.32. The Morgan fingerprint density at radius 2 is 2.21 bits per heavy atom. The quantitative estimate of drug-likeness (QED) is 0.664. The van der Waals surface area contributed by atoms with E-state index in [-0.39, 0.29) is 5.91 Å². The standard InChI is InChI=1S/C15H30N2O2/c1-12(2)11-19-9-8-17-15(18)7-6-13-4-3-5-14(16)10-13/h12-14H,3-11,16H2,1-2H3,(H,17,18). The van der Waals surface area contributed by atoms with Crippen molar-refractivity contribution in [3.63, 3.8) is 0 Å². The lowest BCUT2D eigenvalue weighted by atomic mass is 9.83. The van der Waals surface area contributed by atoms with E-state index >= 15 is 0 Å². The van der Waals surface area contributed by atoms with Crippen molar-refractivity contribution in [2.24, 2.45) is 17.6 Å². The van der Waals surface area contributed by atoms with Gasteiger partial charge in [0.05, 0.1) is 6.61 Å². The minimum Gasteiger partial charge on any atom is -0.379 e. The Hall–Kier alpha value is -0.610. The second-order valence-corrected chi connectivity index (χ2v) is 6.15. The molecule has 2 atom stereocenters. The molecule has 1 saturated carbocycles. The molecule has 0 aromatic rings. The predicted octanol–water partition coefficient (Wildman–Crippen LogP) is 2.07. The second-order valence-electron chi connectivity index (χ2n) is 6.15. The van der Waals surface area contributed by atoms with Gasteiger partial charge in [-0.05, 0) is 31.1 Å². The Morgan fingerprint density at radius 3 is 2.89 bits per heavy atom. The zero-order chi connectivity index (χ0) is 14.1. The van der Waals surface area contributed by atoms with Crippen molar-refractivity contribution >= 4 is 5.91 Å². The highest BCUT2D eigenvalue weighted by atomic mass is 16.5. The van der Waals surface area contributed by atoms with Crippen LogP contribution in [-0.2, 0) is 9.53 Å². The van der Waals surface area contributed by atoms with Crippen LogP contribution in [0.5, 0.6) is 0 Å². The molecule has 1 aliphatic carbocycles. The first-order chi connectivity index (χ1) is 9.08. The Labute approximate surface area is 117 Å². The van der Waals surface area contributed by atoms with Crippen LogP contribution in [0.15, 0.2) is 0 Å². The van der Waals surface area contributed by atoms with Gasteiger partial charge in [-0.3, -0.25) is 4.79 Å². The number of hydrogen-bond acceptors (Lipinski definition) is 3. The fraction of sp³-hybridized carbons (Fsp3) is 0.933. The van der Waals surface area contributed by atoms with Crippen molar-refractivity contribution in [1.82, 2.24) is 5.32 Å². The van der Waals surface area contributed by atoms with Crippen LogP contribution in [-0.4, -0.2) is 31.7 Å². The summed E-state index contributed by atoms with van der Waals surface area (Å²) in [6.45, 7) is 6.23. The Bertz CT molecular complexity index is 257. The molecule has 1 aliphatic rings. The lowest BCUT2D eigenvalue weighted by Crippen LogP contribution is -2.30. The van der Waals surface area contributed by atoms with Crippen LogP contribution in [0.3, 0.4) is 0 Å². The van der Waals surface area contributed by atoms with E-state index in [1.54, 1.807) is 0 Å². The van der Waals surface area contributed by atoms with Gasteiger partial charge in [-0.2, -0.15) is 0 Å². The molecule has 1 fully saturated rings. The molecule has 0 bridgehead atoms. The molecule has 112 valence electrons. The summed E-state index contributed by atoms with van der Waals surface area (Å²) in [5, 5.41) is 2.91. The molecule has 0 aromatic heterocycles. The smallest absolute Gasteiger partial charge is 0.220 e. The highest BCUT2D eigenvalue weighted by Crippen LogP contribution is 2.26. The summed E-state index contributed by atoms with van der Waals surface area (Å²) in [6, 6.07) is 0.353. The molecule has 4 heteroatoms. The minimum absolute atomic E-state index is 0.146. The Morgan fingerprint density at radius 1 is 1.42 bits per heavy atom. The first-order valence-electron chi connectivity index (χ1n) is 7.68. The van der Waals surface area contributed by atoms with E-state index in [9.17, 15) is 4.79 Å². The summed E-state index contributed by atoms with van der Waals surface area (Å²) in [5.74, 6) is 1.34. The first-order valence-corrected chi connectivity index (χ1v) is 7.68. The van der Waals surface area contributed by atoms with Crippen LogP contribution < -0.4 is 11.1 Å². The average molecular weight is 270 g/mol. The summed E-state index contributed by atoms with van der Waals surface area (Å²) >= 11 is 0. The van der Waals surface area contributed by atoms with Gasteiger partial charge in [-0.15, -0.1) is 0 Å². The van der Waals surface area contributed by atoms with Crippen LogP contribution >= 0.6 is 0 Å². The van der Waals surface area contributed by atoms with Gasteiger partial charge in [0.2, 0.25) is 5.91 Å². The van der Waals surface area contributed by atoms with Gasteiger partial charge in [0, 0.05) is 25.6 Å². The molecule has 0 aromatic carbocycles. The van der Waals surface area contributed by atoms with Crippen molar-refractivity contribution < 1.29 is 9.53 Å². The monoisotopic (exact) mass is 270 g/mol. The number of rotatable bonds is 8. The lowest BCUT2D eigenvalue weighted by Gasteiger charge is -2.26. The molecule has 3 N–H and O–H groups in total. The maximum absolute atomic E-state index is 11.7. The minimum atomic E-state index is 0.146. The third-order valence-corrected chi connectivity index (χ3v) is 3.62. The van der Waals surface area contributed by atoms with Crippen LogP contribution in [0.1, 0.15) is 52.4 Å². The predicted molar refractivity (Wildman–Crippen MR) is 77.8 cm³/mol. The summed E-state index contributed by atoms with van der Waals surface area (Å²) in [7, 11) is 0. The maximum Gasteiger partial charge on any atom is 0.220 e. The fourth-order valence-electron chi connectivity index (χ4n) is 2.60. The molecule has 19 heavy (non-hydrogen) atoms. The van der Waals surface area contributed by atoms with Crippen LogP contribution in [0.25, 0.3) is 0 Å². The summed E-state index contributed by atoms with van der Waals surface area (Å²) in [4.78, 5) is 11.7. The number of carbonyl (C=O) groups excluding carboxylic acids is 1. The number of carbonyl (C=O) groups is 1. The van der Waals surface area contributed by atoms with Gasteiger partial charge in [0.1, 0.15) is 0 Å². The van der Waals surface area contributed by atoms with E-state index in [1.165, 1.54) is 12.8 Å². The third kappa shape index (κ3) is 8.22. The summed E-state index contributed by atoms with van der Waals surface area (Å²) in [6.07, 6.45) is 6.30. The van der Waals surface area contributed by atoms with Crippen molar-refractivity contribution in [2.75, 3.05) is 19.8 Å². The molecule has 0 aliphatic heterocycles.